The van der Waals surface area contributed by atoms with Crippen LogP contribution in [-0.4, -0.2) is 29.8 Å². The Kier molecular flexibility index (Phi) is 5.56. The van der Waals surface area contributed by atoms with Gasteiger partial charge in [0.15, 0.2) is 5.78 Å². The van der Waals surface area contributed by atoms with Crippen molar-refractivity contribution in [3.8, 4) is 0 Å². The van der Waals surface area contributed by atoms with Crippen LogP contribution in [0.2, 0.25) is 0 Å². The lowest BCUT2D eigenvalue weighted by Crippen LogP contribution is -2.29. The molecule has 2 rings (SSSR count). The number of ketones is 1. The van der Waals surface area contributed by atoms with E-state index in [9.17, 15) is 9.18 Å². The van der Waals surface area contributed by atoms with Gasteiger partial charge in [0.05, 0.1) is 12.9 Å². The van der Waals surface area contributed by atoms with Crippen molar-refractivity contribution in [2.75, 3.05) is 12.8 Å². The summed E-state index contributed by atoms with van der Waals surface area (Å²) in [5.41, 5.74) is 1.41. The number of carbonyl (C=O) groups excluding carboxylic acids is 1. The second-order valence-corrected chi connectivity index (χ2v) is 5.87. The van der Waals surface area contributed by atoms with Gasteiger partial charge in [0, 0.05) is 16.2 Å². The van der Waals surface area contributed by atoms with Gasteiger partial charge in [-0.3, -0.25) is 10.2 Å². The molecule has 0 aliphatic heterocycles. The average molecular weight is 306 g/mol. The fourth-order valence-corrected chi connectivity index (χ4v) is 3.32. The van der Waals surface area contributed by atoms with Crippen LogP contribution in [0.5, 0.6) is 0 Å². The lowest BCUT2D eigenvalue weighted by atomic mass is 10.0. The minimum atomic E-state index is -0.413. The maximum Gasteiger partial charge on any atom is 0.182 e. The molecule has 1 aliphatic carbocycles. The number of thioether (sulfide) groups is 1. The zero-order valence-electron chi connectivity index (χ0n) is 12.1. The standard InChI is InChI=1S/C16H19FN2OS/c1-21-16-8-3-2-7-14(16)19(11-18)10-15(20)12-5-4-6-13(17)9-12/h4-6,9,11,18H,2-3,7-8,10H2,1H3. The Labute approximate surface area is 128 Å². The van der Waals surface area contributed by atoms with E-state index in [0.717, 1.165) is 31.4 Å². The third-order valence-corrected chi connectivity index (χ3v) is 4.53. The summed E-state index contributed by atoms with van der Waals surface area (Å²) >= 11 is 1.69. The Morgan fingerprint density at radius 2 is 2.19 bits per heavy atom. The molecule has 0 saturated heterocycles. The molecule has 0 unspecified atom stereocenters. The number of hydrogen-bond acceptors (Lipinski definition) is 3. The maximum atomic E-state index is 13.2. The molecular formula is C16H19FN2OS. The Balaban J connectivity index is 2.17. The number of hydrogen-bond donors (Lipinski definition) is 1. The largest absolute Gasteiger partial charge is 0.328 e. The first-order valence-electron chi connectivity index (χ1n) is 6.97. The summed E-state index contributed by atoms with van der Waals surface area (Å²) in [4.78, 5) is 15.2. The van der Waals surface area contributed by atoms with Crippen molar-refractivity contribution >= 4 is 23.9 Å². The molecule has 1 aliphatic rings. The summed E-state index contributed by atoms with van der Waals surface area (Å²) in [5, 5.41) is 7.59. The molecule has 1 aromatic carbocycles. The topological polar surface area (TPSA) is 44.2 Å². The van der Waals surface area contributed by atoms with Crippen molar-refractivity contribution in [3.05, 3.63) is 46.2 Å². The van der Waals surface area contributed by atoms with Crippen LogP contribution in [-0.2, 0) is 0 Å². The number of allylic oxidation sites excluding steroid dienone is 2. The first-order chi connectivity index (χ1) is 10.2. The van der Waals surface area contributed by atoms with Crippen LogP contribution < -0.4 is 0 Å². The molecule has 0 heterocycles. The van der Waals surface area contributed by atoms with Crippen LogP contribution in [0.15, 0.2) is 34.9 Å². The predicted octanol–water partition coefficient (Wildman–Crippen LogP) is 4.07. The van der Waals surface area contributed by atoms with E-state index in [1.54, 1.807) is 22.7 Å². The highest BCUT2D eigenvalue weighted by molar-refractivity contribution is 8.02. The molecule has 0 radical (unpaired) electrons. The van der Waals surface area contributed by atoms with Crippen LogP contribution >= 0.6 is 11.8 Å². The van der Waals surface area contributed by atoms with E-state index in [1.165, 1.54) is 29.4 Å². The van der Waals surface area contributed by atoms with E-state index < -0.39 is 5.82 Å². The number of halogens is 1. The van der Waals surface area contributed by atoms with E-state index in [0.29, 0.717) is 5.56 Å². The van der Waals surface area contributed by atoms with Crippen molar-refractivity contribution in [3.63, 3.8) is 0 Å². The molecule has 1 N–H and O–H groups in total. The van der Waals surface area contributed by atoms with Crippen LogP contribution in [0.25, 0.3) is 0 Å². The Hall–Kier alpha value is -1.62. The summed E-state index contributed by atoms with van der Waals surface area (Å²) in [6.45, 7) is 0.0896. The van der Waals surface area contributed by atoms with Crippen molar-refractivity contribution in [1.29, 1.82) is 5.41 Å². The van der Waals surface area contributed by atoms with Gasteiger partial charge < -0.3 is 4.90 Å². The van der Waals surface area contributed by atoms with Gasteiger partial charge >= 0.3 is 0 Å². The molecule has 0 fully saturated rings. The summed E-state index contributed by atoms with van der Waals surface area (Å²) in [5.74, 6) is -0.583. The molecule has 112 valence electrons. The highest BCUT2D eigenvalue weighted by Crippen LogP contribution is 2.32. The number of nitrogens with one attached hydrogen (secondary N) is 1. The van der Waals surface area contributed by atoms with Gasteiger partial charge in [0.2, 0.25) is 0 Å². The fourth-order valence-electron chi connectivity index (χ4n) is 2.51. The summed E-state index contributed by atoms with van der Waals surface area (Å²) < 4.78 is 13.2. The van der Waals surface area contributed by atoms with Gasteiger partial charge in [0.1, 0.15) is 5.82 Å². The normalized spacial score (nSPS) is 15.0. The van der Waals surface area contributed by atoms with E-state index in [2.05, 4.69) is 0 Å². The lowest BCUT2D eigenvalue weighted by molar-refractivity contribution is 0.0971. The highest BCUT2D eigenvalue weighted by atomic mass is 32.2. The molecule has 1 aromatic rings. The quantitative estimate of drug-likeness (QED) is 0.489. The Morgan fingerprint density at radius 3 is 2.86 bits per heavy atom. The molecule has 0 aromatic heterocycles. The molecule has 0 spiro atoms. The molecule has 3 nitrogen and oxygen atoms in total. The third kappa shape index (κ3) is 3.94. The number of Topliss-reactive ketones (excluding diaryl/α,β-unsaturated/α-hetero) is 1. The third-order valence-electron chi connectivity index (χ3n) is 3.60. The SMILES string of the molecule is CSC1=C(N(C=N)CC(=O)c2cccc(F)c2)CCCC1. The monoisotopic (exact) mass is 306 g/mol. The van der Waals surface area contributed by atoms with Gasteiger partial charge in [-0.15, -0.1) is 11.8 Å². The molecule has 0 amide bonds. The molecule has 21 heavy (non-hydrogen) atoms. The van der Waals surface area contributed by atoms with Crippen molar-refractivity contribution in [2.45, 2.75) is 25.7 Å². The number of benzene rings is 1. The van der Waals surface area contributed by atoms with Crippen LogP contribution in [0, 0.1) is 11.2 Å². The van der Waals surface area contributed by atoms with Gasteiger partial charge in [-0.05, 0) is 44.1 Å². The van der Waals surface area contributed by atoms with Crippen LogP contribution in [0.3, 0.4) is 0 Å². The van der Waals surface area contributed by atoms with Gasteiger partial charge in [-0.25, -0.2) is 4.39 Å². The van der Waals surface area contributed by atoms with E-state index >= 15 is 0 Å². The molecule has 5 heteroatoms. The molecule has 0 saturated carbocycles. The minimum Gasteiger partial charge on any atom is -0.328 e. The number of nitrogens with zero attached hydrogens (tertiary/aromatic N) is 1. The summed E-state index contributed by atoms with van der Waals surface area (Å²) in [6.07, 6.45) is 7.36. The first kappa shape index (κ1) is 15.8. The summed E-state index contributed by atoms with van der Waals surface area (Å²) in [6, 6.07) is 5.71. The second kappa shape index (κ2) is 7.41. The predicted molar refractivity (Wildman–Crippen MR) is 85.2 cm³/mol. The molecule has 0 atom stereocenters. The highest BCUT2D eigenvalue weighted by Gasteiger charge is 2.19. The minimum absolute atomic E-state index is 0.0896. The van der Waals surface area contributed by atoms with Crippen molar-refractivity contribution < 1.29 is 9.18 Å². The van der Waals surface area contributed by atoms with E-state index in [-0.39, 0.29) is 12.3 Å². The number of rotatable bonds is 6. The number of carbonyl (C=O) groups is 1. The van der Waals surface area contributed by atoms with E-state index in [4.69, 9.17) is 5.41 Å². The fraction of sp³-hybridized carbons (Fsp3) is 0.375. The summed E-state index contributed by atoms with van der Waals surface area (Å²) in [7, 11) is 0. The first-order valence-corrected chi connectivity index (χ1v) is 8.20. The zero-order chi connectivity index (χ0) is 15.2. The van der Waals surface area contributed by atoms with Crippen molar-refractivity contribution in [2.24, 2.45) is 0 Å². The van der Waals surface area contributed by atoms with Gasteiger partial charge in [-0.2, -0.15) is 0 Å². The average Bonchev–Trinajstić information content (AvgIpc) is 2.52. The maximum absolute atomic E-state index is 13.2. The zero-order valence-corrected chi connectivity index (χ0v) is 12.9. The van der Waals surface area contributed by atoms with Crippen LogP contribution in [0.4, 0.5) is 4.39 Å². The lowest BCUT2D eigenvalue weighted by Gasteiger charge is -2.27. The molecule has 0 bridgehead atoms. The Morgan fingerprint density at radius 1 is 1.43 bits per heavy atom. The second-order valence-electron chi connectivity index (χ2n) is 4.97. The molecular weight excluding hydrogens is 287 g/mol. The van der Waals surface area contributed by atoms with Gasteiger partial charge in [0.25, 0.3) is 0 Å². The van der Waals surface area contributed by atoms with Crippen LogP contribution in [0.1, 0.15) is 36.0 Å². The van der Waals surface area contributed by atoms with Gasteiger partial charge in [-0.1, -0.05) is 12.1 Å². The van der Waals surface area contributed by atoms with E-state index in [1.807, 2.05) is 6.26 Å². The Bertz CT molecular complexity index is 571. The van der Waals surface area contributed by atoms with Crippen molar-refractivity contribution in [1.82, 2.24) is 4.90 Å². The smallest absolute Gasteiger partial charge is 0.182 e.